The van der Waals surface area contributed by atoms with E-state index in [1.165, 1.54) is 6.07 Å². The molecule has 1 aromatic rings. The Morgan fingerprint density at radius 1 is 1.31 bits per heavy atom. The molecule has 0 saturated heterocycles. The summed E-state index contributed by atoms with van der Waals surface area (Å²) in [5.41, 5.74) is 10.2. The highest BCUT2D eigenvalue weighted by Crippen LogP contribution is 2.33. The van der Waals surface area contributed by atoms with Crippen LogP contribution in [0.5, 0.6) is 0 Å². The molecule has 0 unspecified atom stereocenters. The van der Waals surface area contributed by atoms with E-state index >= 15 is 0 Å². The van der Waals surface area contributed by atoms with Crippen LogP contribution in [0, 0.1) is 0 Å². The van der Waals surface area contributed by atoms with Crippen LogP contribution in [-0.2, 0) is 6.18 Å². The summed E-state index contributed by atoms with van der Waals surface area (Å²) >= 11 is 5.72. The Kier molecular flexibility index (Phi) is 5.55. The SMILES string of the molecule is Cl.NC[C@@H](N)c1cc(C(F)(F)F)ccc1Cl. The van der Waals surface area contributed by atoms with Gasteiger partial charge < -0.3 is 11.5 Å². The van der Waals surface area contributed by atoms with Gasteiger partial charge in [-0.2, -0.15) is 13.2 Å². The van der Waals surface area contributed by atoms with Crippen LogP contribution in [0.1, 0.15) is 17.2 Å². The molecule has 0 aromatic heterocycles. The fraction of sp³-hybridized carbons (Fsp3) is 0.333. The molecular formula is C9H11Cl2F3N2. The zero-order valence-corrected chi connectivity index (χ0v) is 9.66. The minimum Gasteiger partial charge on any atom is -0.329 e. The van der Waals surface area contributed by atoms with E-state index in [1.54, 1.807) is 0 Å². The summed E-state index contributed by atoms with van der Waals surface area (Å²) in [5, 5.41) is 0.195. The number of alkyl halides is 3. The van der Waals surface area contributed by atoms with Crippen LogP contribution in [0.25, 0.3) is 0 Å². The van der Waals surface area contributed by atoms with Gasteiger partial charge in [-0.3, -0.25) is 0 Å². The first-order valence-electron chi connectivity index (χ1n) is 4.18. The highest BCUT2D eigenvalue weighted by Gasteiger charge is 2.31. The van der Waals surface area contributed by atoms with Crippen molar-refractivity contribution in [2.24, 2.45) is 11.5 Å². The highest BCUT2D eigenvalue weighted by atomic mass is 35.5. The van der Waals surface area contributed by atoms with Gasteiger partial charge in [0.15, 0.2) is 0 Å². The van der Waals surface area contributed by atoms with Gasteiger partial charge in [-0.15, -0.1) is 12.4 Å². The molecular weight excluding hydrogens is 264 g/mol. The van der Waals surface area contributed by atoms with E-state index in [0.717, 1.165) is 12.1 Å². The molecule has 0 bridgehead atoms. The van der Waals surface area contributed by atoms with Crippen molar-refractivity contribution in [2.75, 3.05) is 6.54 Å². The minimum atomic E-state index is -4.40. The molecule has 0 saturated carbocycles. The summed E-state index contributed by atoms with van der Waals surface area (Å²) < 4.78 is 37.1. The molecule has 0 heterocycles. The first-order chi connectivity index (χ1) is 6.86. The van der Waals surface area contributed by atoms with Crippen LogP contribution < -0.4 is 11.5 Å². The Balaban J connectivity index is 0.00000225. The van der Waals surface area contributed by atoms with Gasteiger partial charge in [0.2, 0.25) is 0 Å². The van der Waals surface area contributed by atoms with Crippen molar-refractivity contribution in [1.29, 1.82) is 0 Å². The van der Waals surface area contributed by atoms with Crippen molar-refractivity contribution in [3.8, 4) is 0 Å². The third-order valence-electron chi connectivity index (χ3n) is 1.98. The Hall–Kier alpha value is -0.490. The van der Waals surface area contributed by atoms with Gasteiger partial charge in [-0.05, 0) is 23.8 Å². The number of hydrogen-bond acceptors (Lipinski definition) is 2. The van der Waals surface area contributed by atoms with Crippen molar-refractivity contribution in [3.63, 3.8) is 0 Å². The average molecular weight is 275 g/mol. The molecule has 0 amide bonds. The van der Waals surface area contributed by atoms with Crippen LogP contribution in [0.4, 0.5) is 13.2 Å². The van der Waals surface area contributed by atoms with Crippen LogP contribution >= 0.6 is 24.0 Å². The Bertz CT molecular complexity index is 355. The Morgan fingerprint density at radius 3 is 2.31 bits per heavy atom. The van der Waals surface area contributed by atoms with Crippen LogP contribution in [-0.4, -0.2) is 6.54 Å². The Labute approximate surface area is 102 Å². The van der Waals surface area contributed by atoms with Gasteiger partial charge >= 0.3 is 6.18 Å². The lowest BCUT2D eigenvalue weighted by atomic mass is 10.0. The zero-order valence-electron chi connectivity index (χ0n) is 8.09. The molecule has 92 valence electrons. The van der Waals surface area contributed by atoms with Crippen molar-refractivity contribution in [3.05, 3.63) is 34.3 Å². The van der Waals surface area contributed by atoms with Gasteiger partial charge in [-0.1, -0.05) is 11.6 Å². The third kappa shape index (κ3) is 3.52. The van der Waals surface area contributed by atoms with Crippen LogP contribution in [0.15, 0.2) is 18.2 Å². The lowest BCUT2D eigenvalue weighted by molar-refractivity contribution is -0.137. The van der Waals surface area contributed by atoms with Crippen LogP contribution in [0.2, 0.25) is 5.02 Å². The zero-order chi connectivity index (χ0) is 11.6. The lowest BCUT2D eigenvalue weighted by Crippen LogP contribution is -2.21. The molecule has 7 heteroatoms. The average Bonchev–Trinajstić information content (AvgIpc) is 2.15. The first-order valence-corrected chi connectivity index (χ1v) is 4.56. The normalized spacial score (nSPS) is 13.1. The quantitative estimate of drug-likeness (QED) is 0.871. The van der Waals surface area contributed by atoms with E-state index in [2.05, 4.69) is 0 Å². The molecule has 1 atom stereocenters. The monoisotopic (exact) mass is 274 g/mol. The fourth-order valence-corrected chi connectivity index (χ4v) is 1.39. The minimum absolute atomic E-state index is 0. The molecule has 4 N–H and O–H groups in total. The standard InChI is InChI=1S/C9H10ClF3N2.ClH/c10-7-2-1-5(9(11,12)13)3-6(7)8(15)4-14;/h1-3,8H,4,14-15H2;1H/t8-;/m1./s1. The summed E-state index contributed by atoms with van der Waals surface area (Å²) in [6.45, 7) is 0.0427. The largest absolute Gasteiger partial charge is 0.416 e. The molecule has 16 heavy (non-hydrogen) atoms. The summed E-state index contributed by atoms with van der Waals surface area (Å²) in [5.74, 6) is 0. The van der Waals surface area contributed by atoms with E-state index in [4.69, 9.17) is 23.1 Å². The predicted molar refractivity (Wildman–Crippen MR) is 59.7 cm³/mol. The van der Waals surface area contributed by atoms with Gasteiger partial charge in [0.25, 0.3) is 0 Å². The molecule has 0 aliphatic rings. The maximum Gasteiger partial charge on any atom is 0.416 e. The summed E-state index contributed by atoms with van der Waals surface area (Å²) in [6, 6.07) is 2.34. The van der Waals surface area contributed by atoms with Gasteiger partial charge in [0.1, 0.15) is 0 Å². The maximum atomic E-state index is 12.4. The molecule has 1 rings (SSSR count). The van der Waals surface area contributed by atoms with Crippen molar-refractivity contribution in [1.82, 2.24) is 0 Å². The second kappa shape index (κ2) is 5.72. The van der Waals surface area contributed by atoms with E-state index < -0.39 is 17.8 Å². The number of rotatable bonds is 2. The Morgan fingerprint density at radius 2 is 1.88 bits per heavy atom. The first kappa shape index (κ1) is 15.5. The molecule has 0 radical (unpaired) electrons. The van der Waals surface area contributed by atoms with Crippen molar-refractivity contribution >= 4 is 24.0 Å². The lowest BCUT2D eigenvalue weighted by Gasteiger charge is -2.14. The van der Waals surface area contributed by atoms with Gasteiger partial charge in [0, 0.05) is 17.6 Å². The topological polar surface area (TPSA) is 52.0 Å². The molecule has 2 nitrogen and oxygen atoms in total. The maximum absolute atomic E-state index is 12.4. The van der Waals surface area contributed by atoms with E-state index in [1.807, 2.05) is 0 Å². The smallest absolute Gasteiger partial charge is 0.329 e. The second-order valence-corrected chi connectivity index (χ2v) is 3.48. The number of nitrogens with two attached hydrogens (primary N) is 2. The summed E-state index contributed by atoms with van der Waals surface area (Å²) in [6.07, 6.45) is -4.40. The molecule has 0 aliphatic carbocycles. The van der Waals surface area contributed by atoms with Crippen molar-refractivity contribution < 1.29 is 13.2 Å². The summed E-state index contributed by atoms with van der Waals surface area (Å²) in [4.78, 5) is 0. The van der Waals surface area contributed by atoms with E-state index in [0.29, 0.717) is 0 Å². The van der Waals surface area contributed by atoms with Gasteiger partial charge in [0.05, 0.1) is 5.56 Å². The van der Waals surface area contributed by atoms with Crippen molar-refractivity contribution in [2.45, 2.75) is 12.2 Å². The van der Waals surface area contributed by atoms with Gasteiger partial charge in [-0.25, -0.2) is 0 Å². The van der Waals surface area contributed by atoms with E-state index in [9.17, 15) is 13.2 Å². The number of hydrogen-bond donors (Lipinski definition) is 2. The molecule has 0 aliphatic heterocycles. The fourth-order valence-electron chi connectivity index (χ4n) is 1.13. The predicted octanol–water partition coefficient (Wildman–Crippen LogP) is 2.74. The molecule has 0 spiro atoms. The second-order valence-electron chi connectivity index (χ2n) is 3.08. The third-order valence-corrected chi connectivity index (χ3v) is 2.32. The van der Waals surface area contributed by atoms with E-state index in [-0.39, 0.29) is 29.5 Å². The molecule has 1 aromatic carbocycles. The number of benzene rings is 1. The summed E-state index contributed by atoms with van der Waals surface area (Å²) in [7, 11) is 0. The van der Waals surface area contributed by atoms with Crippen LogP contribution in [0.3, 0.4) is 0 Å². The molecule has 0 fully saturated rings. The number of halogens is 5. The highest BCUT2D eigenvalue weighted by molar-refractivity contribution is 6.31.